The van der Waals surface area contributed by atoms with Crippen molar-refractivity contribution in [3.05, 3.63) is 11.6 Å². The Bertz CT molecular complexity index is 639. The molecule has 4 heteroatoms. The molecule has 0 bridgehead atoms. The third kappa shape index (κ3) is 3.87. The molecule has 7 atom stereocenters. The van der Waals surface area contributed by atoms with Gasteiger partial charge in [0.2, 0.25) is 0 Å². The van der Waals surface area contributed by atoms with Gasteiger partial charge in [0.15, 0.2) is 11.6 Å². The number of carbonyl (C=O) groups is 2. The zero-order chi connectivity index (χ0) is 22.0. The van der Waals surface area contributed by atoms with E-state index in [2.05, 4.69) is 13.8 Å². The first-order valence-electron chi connectivity index (χ1n) is 11.9. The topological polar surface area (TPSA) is 74.6 Å². The van der Waals surface area contributed by atoms with Gasteiger partial charge >= 0.3 is 0 Å². The number of hydrogen-bond acceptors (Lipinski definition) is 4. The van der Waals surface area contributed by atoms with Gasteiger partial charge < -0.3 is 10.2 Å². The molecule has 0 radical (unpaired) electrons. The van der Waals surface area contributed by atoms with Crippen molar-refractivity contribution >= 4 is 11.6 Å². The Kier molecular flexibility index (Phi) is 7.89. The minimum absolute atomic E-state index is 0.0541. The van der Waals surface area contributed by atoms with E-state index in [1.54, 1.807) is 0 Å². The summed E-state index contributed by atoms with van der Waals surface area (Å²) in [5, 5.41) is 20.5. The molecule has 7 unspecified atom stereocenters. The van der Waals surface area contributed by atoms with Crippen molar-refractivity contribution in [2.45, 2.75) is 92.6 Å². The highest BCUT2D eigenvalue weighted by atomic mass is 16.3. The van der Waals surface area contributed by atoms with E-state index in [0.717, 1.165) is 32.1 Å². The third-order valence-corrected chi connectivity index (χ3v) is 8.44. The average Bonchev–Trinajstić information content (AvgIpc) is 3.07. The number of Topliss-reactive ketones (excluding diaryl/α,β-unsaturated/α-hetero) is 1. The first kappa shape index (κ1) is 24.3. The highest BCUT2D eigenvalue weighted by Gasteiger charge is 2.62. The van der Waals surface area contributed by atoms with Crippen LogP contribution in [0.25, 0.3) is 0 Å². The Balaban J connectivity index is 0.000000707. The van der Waals surface area contributed by atoms with Gasteiger partial charge in [-0.3, -0.25) is 9.59 Å². The second-order valence-corrected chi connectivity index (χ2v) is 9.42. The molecule has 0 aliphatic heterocycles. The second-order valence-electron chi connectivity index (χ2n) is 9.42. The predicted octanol–water partition coefficient (Wildman–Crippen LogP) is 4.72. The highest BCUT2D eigenvalue weighted by Crippen LogP contribution is 2.66. The zero-order valence-corrected chi connectivity index (χ0v) is 19.3. The van der Waals surface area contributed by atoms with Crippen LogP contribution in [0.4, 0.5) is 0 Å². The maximum absolute atomic E-state index is 12.3. The Morgan fingerprint density at radius 2 is 1.76 bits per heavy atom. The number of aliphatic hydroxyl groups excluding tert-OH is 2. The fourth-order valence-corrected chi connectivity index (χ4v) is 7.33. The van der Waals surface area contributed by atoms with Crippen molar-refractivity contribution in [2.24, 2.45) is 34.5 Å². The summed E-state index contributed by atoms with van der Waals surface area (Å²) in [7, 11) is 0. The maximum atomic E-state index is 12.3. The molecule has 3 saturated carbocycles. The van der Waals surface area contributed by atoms with Crippen LogP contribution in [0.1, 0.15) is 86.5 Å². The smallest absolute Gasteiger partial charge is 0.161 e. The molecule has 4 nitrogen and oxygen atoms in total. The molecular weight excluding hydrogens is 364 g/mol. The monoisotopic (exact) mass is 406 g/mol. The first-order chi connectivity index (χ1) is 13.8. The fourth-order valence-electron chi connectivity index (χ4n) is 7.33. The van der Waals surface area contributed by atoms with E-state index in [0.29, 0.717) is 24.7 Å². The molecule has 0 aromatic rings. The summed E-state index contributed by atoms with van der Waals surface area (Å²) < 4.78 is 0. The number of ketones is 2. The van der Waals surface area contributed by atoms with Crippen molar-refractivity contribution in [1.82, 2.24) is 0 Å². The van der Waals surface area contributed by atoms with E-state index in [1.165, 1.54) is 5.57 Å². The van der Waals surface area contributed by atoms with Gasteiger partial charge in [0, 0.05) is 12.3 Å². The van der Waals surface area contributed by atoms with Gasteiger partial charge in [-0.25, -0.2) is 0 Å². The Morgan fingerprint density at radius 3 is 2.38 bits per heavy atom. The molecule has 4 rings (SSSR count). The van der Waals surface area contributed by atoms with Gasteiger partial charge in [0.1, 0.15) is 6.61 Å². The van der Waals surface area contributed by atoms with Crippen molar-refractivity contribution in [1.29, 1.82) is 0 Å². The van der Waals surface area contributed by atoms with E-state index in [9.17, 15) is 19.8 Å². The molecule has 0 heterocycles. The minimum atomic E-state index is -0.430. The lowest BCUT2D eigenvalue weighted by Crippen LogP contribution is -2.57. The van der Waals surface area contributed by atoms with Crippen LogP contribution in [-0.4, -0.2) is 34.5 Å². The predicted molar refractivity (Wildman–Crippen MR) is 116 cm³/mol. The van der Waals surface area contributed by atoms with Crippen LogP contribution in [0.2, 0.25) is 0 Å². The van der Waals surface area contributed by atoms with Gasteiger partial charge in [0.25, 0.3) is 0 Å². The van der Waals surface area contributed by atoms with Crippen LogP contribution in [0.15, 0.2) is 11.6 Å². The summed E-state index contributed by atoms with van der Waals surface area (Å²) in [5.41, 5.74) is 0.979. The maximum Gasteiger partial charge on any atom is 0.161 e. The van der Waals surface area contributed by atoms with Gasteiger partial charge in [-0.05, 0) is 73.2 Å². The third-order valence-electron chi connectivity index (χ3n) is 8.44. The number of rotatable bonds is 2. The minimum Gasteiger partial charge on any atom is -0.393 e. The van der Waals surface area contributed by atoms with Gasteiger partial charge in [-0.1, -0.05) is 47.1 Å². The lowest BCUT2D eigenvalue weighted by molar-refractivity contribution is -0.146. The largest absolute Gasteiger partial charge is 0.393 e. The Morgan fingerprint density at radius 1 is 1.10 bits per heavy atom. The average molecular weight is 407 g/mol. The van der Waals surface area contributed by atoms with E-state index in [4.69, 9.17) is 0 Å². The zero-order valence-electron chi connectivity index (χ0n) is 19.3. The van der Waals surface area contributed by atoms with Gasteiger partial charge in [0.05, 0.1) is 6.10 Å². The van der Waals surface area contributed by atoms with Crippen LogP contribution in [-0.2, 0) is 9.59 Å². The Labute approximate surface area is 177 Å². The summed E-state index contributed by atoms with van der Waals surface area (Å²) in [6.45, 7) is 12.0. The summed E-state index contributed by atoms with van der Waals surface area (Å²) >= 11 is 0. The summed E-state index contributed by atoms with van der Waals surface area (Å²) in [4.78, 5) is 24.2. The van der Waals surface area contributed by atoms with E-state index in [-0.39, 0.29) is 40.8 Å². The highest BCUT2D eigenvalue weighted by molar-refractivity contribution is 5.91. The van der Waals surface area contributed by atoms with E-state index < -0.39 is 6.10 Å². The van der Waals surface area contributed by atoms with Crippen molar-refractivity contribution in [3.8, 4) is 0 Å². The normalized spacial score (nSPS) is 42.7. The fraction of sp³-hybridized carbons (Fsp3) is 0.840. The molecule has 0 amide bonds. The molecule has 0 saturated heterocycles. The number of hydrogen-bond donors (Lipinski definition) is 2. The molecule has 0 spiro atoms. The molecule has 0 aromatic heterocycles. The first-order valence-corrected chi connectivity index (χ1v) is 11.9. The van der Waals surface area contributed by atoms with E-state index in [1.807, 2.05) is 33.8 Å². The second kappa shape index (κ2) is 9.43. The van der Waals surface area contributed by atoms with Crippen molar-refractivity contribution in [2.75, 3.05) is 6.61 Å². The van der Waals surface area contributed by atoms with Crippen LogP contribution in [0.5, 0.6) is 0 Å². The van der Waals surface area contributed by atoms with Crippen LogP contribution >= 0.6 is 0 Å². The number of carbonyl (C=O) groups excluding carboxylic acids is 2. The summed E-state index contributed by atoms with van der Waals surface area (Å²) in [6.07, 6.45) is 7.32. The molecule has 4 aliphatic carbocycles. The molecule has 2 N–H and O–H groups in total. The van der Waals surface area contributed by atoms with Gasteiger partial charge in [-0.15, -0.1) is 0 Å². The molecular formula is C25H42O4. The van der Waals surface area contributed by atoms with Gasteiger partial charge in [-0.2, -0.15) is 0 Å². The lowest BCUT2D eigenvalue weighted by Gasteiger charge is -2.59. The van der Waals surface area contributed by atoms with Crippen molar-refractivity contribution < 1.29 is 19.8 Å². The summed E-state index contributed by atoms with van der Waals surface area (Å²) in [5.74, 6) is 1.12. The molecule has 3 fully saturated rings. The number of fused-ring (bicyclic) bond motifs is 5. The molecule has 29 heavy (non-hydrogen) atoms. The number of allylic oxidation sites excluding steroid dienone is 1. The number of aliphatic hydroxyl groups is 2. The molecule has 166 valence electrons. The van der Waals surface area contributed by atoms with Crippen LogP contribution in [0.3, 0.4) is 0 Å². The lowest BCUT2D eigenvalue weighted by atomic mass is 9.46. The molecule has 0 aromatic carbocycles. The van der Waals surface area contributed by atoms with Crippen LogP contribution in [0, 0.1) is 34.5 Å². The quantitative estimate of drug-likeness (QED) is 0.696. The summed E-state index contributed by atoms with van der Waals surface area (Å²) in [6, 6.07) is 0. The molecule has 4 aliphatic rings. The Hall–Kier alpha value is -1.00. The van der Waals surface area contributed by atoms with E-state index >= 15 is 0 Å². The standard InChI is InChI=1S/C21H30O4.2C2H6/c1-20-8-7-13(23)9-12(20)3-4-14-15-5-6-16(18(25)11-22)21(15,2)10-17(24)19(14)20;2*1-2/h9,14-17,19,22,24H,3-8,10-11H2,1-2H3;2*1-2H3. The SMILES string of the molecule is CC.CC.CC12CCC(=O)C=C1CCC1C2C(O)CC2(C)C(C(=O)CO)CCC12. The van der Waals surface area contributed by atoms with Crippen LogP contribution < -0.4 is 0 Å². The van der Waals surface area contributed by atoms with Crippen molar-refractivity contribution in [3.63, 3.8) is 0 Å².